The van der Waals surface area contributed by atoms with Crippen LogP contribution in [-0.4, -0.2) is 59.6 Å². The van der Waals surface area contributed by atoms with Crippen molar-refractivity contribution in [1.29, 1.82) is 0 Å². The van der Waals surface area contributed by atoms with Crippen molar-refractivity contribution in [2.24, 2.45) is 11.3 Å². The molecule has 17 heteroatoms. The van der Waals surface area contributed by atoms with Gasteiger partial charge in [0.1, 0.15) is 17.1 Å². The van der Waals surface area contributed by atoms with Crippen LogP contribution in [0.5, 0.6) is 11.5 Å². The molecule has 5 aromatic rings. The molecule has 1 fully saturated rings. The van der Waals surface area contributed by atoms with E-state index >= 15 is 0 Å². The number of halogens is 5. The minimum Gasteiger partial charge on any atom is -0.748 e. The molecule has 1 aliphatic rings. The summed E-state index contributed by atoms with van der Waals surface area (Å²) in [5, 5.41) is 9.01. The Bertz CT molecular complexity index is 2540. The number of carbonyl (C=O) groups is 3. The van der Waals surface area contributed by atoms with E-state index in [1.807, 2.05) is 32.9 Å². The maximum atomic E-state index is 12.8. The van der Waals surface area contributed by atoms with Gasteiger partial charge in [0, 0.05) is 3.57 Å². The molecule has 6 rings (SSSR count). The van der Waals surface area contributed by atoms with Gasteiger partial charge in [0.2, 0.25) is 6.10 Å². The Morgan fingerprint density at radius 2 is 1.29 bits per heavy atom. The molecule has 0 bridgehead atoms. The number of carbonyl (C=O) groups excluding carboxylic acids is 3. The third kappa shape index (κ3) is 21.0. The highest BCUT2D eigenvalue weighted by Gasteiger charge is 2.44. The Labute approximate surface area is 453 Å². The van der Waals surface area contributed by atoms with Crippen molar-refractivity contribution in [2.75, 3.05) is 5.75 Å². The largest absolute Gasteiger partial charge is 0.748 e. The second kappa shape index (κ2) is 29.1. The molecular weight excluding hydrogens is 1200 g/mol. The average Bonchev–Trinajstić information content (AvgIpc) is 3.78. The molecule has 0 aromatic heterocycles. The number of esters is 3. The molecule has 1 N–H and O–H groups in total. The standard InChI is InChI=1S/C18H14IS.C15H16F3IO7S.C12H22O2.C10H14O/c19-15-11-13-18(14-12-15)20(16-7-3-1-4-8-16)17-9-5-2-6-10-17;1-3-8(2)13(20)25-11-6-9(4-5-10(11)19)14(21)26-12(15(16,17)18)7-27(22,23)24;1-5-11(2,3)10(13)14-12(4)8-6-7-9-12;1-3-8(2)9-4-6-10(11)7-5-9/h1-14H;4-6,8,12H,3,7H2,1-2H3,(H,22,23,24);5-9H2,1-4H3;4-8,11H,3H2,1-2H3/q+1;;;/p-1. The highest BCUT2D eigenvalue weighted by atomic mass is 127. The van der Waals surface area contributed by atoms with Gasteiger partial charge in [-0.05, 0) is 201 Å². The van der Waals surface area contributed by atoms with Gasteiger partial charge in [0.25, 0.3) is 0 Å². The molecule has 1 aliphatic carbocycles. The number of hydrogen-bond acceptors (Lipinski definition) is 10. The molecule has 0 amide bonds. The second-order valence-corrected chi connectivity index (χ2v) is 24.0. The Balaban J connectivity index is 0.000000267. The predicted molar refractivity (Wildman–Crippen MR) is 292 cm³/mol. The number of benzene rings is 5. The molecule has 3 atom stereocenters. The van der Waals surface area contributed by atoms with E-state index in [9.17, 15) is 40.5 Å². The molecule has 1 saturated carbocycles. The Kier molecular flexibility index (Phi) is 25.1. The van der Waals surface area contributed by atoms with E-state index < -0.39 is 51.6 Å². The fourth-order valence-corrected chi connectivity index (χ4v) is 10.0. The van der Waals surface area contributed by atoms with Gasteiger partial charge >= 0.3 is 24.1 Å². The monoisotopic (exact) mass is 1260 g/mol. The number of ether oxygens (including phenoxy) is 3. The van der Waals surface area contributed by atoms with Gasteiger partial charge in [-0.1, -0.05) is 83.1 Å². The van der Waals surface area contributed by atoms with Gasteiger partial charge < -0.3 is 23.9 Å². The van der Waals surface area contributed by atoms with Gasteiger partial charge in [-0.3, -0.25) is 9.59 Å². The summed E-state index contributed by atoms with van der Waals surface area (Å²) < 4.78 is 86.9. The van der Waals surface area contributed by atoms with E-state index in [0.717, 1.165) is 37.8 Å². The van der Waals surface area contributed by atoms with E-state index in [2.05, 4.69) is 133 Å². The van der Waals surface area contributed by atoms with Crippen LogP contribution in [0.1, 0.15) is 122 Å². The molecule has 0 heterocycles. The first-order chi connectivity index (χ1) is 33.7. The molecule has 0 saturated heterocycles. The van der Waals surface area contributed by atoms with Crippen LogP contribution in [0.25, 0.3) is 0 Å². The molecule has 0 radical (unpaired) electrons. The molecule has 3 unspecified atom stereocenters. The summed E-state index contributed by atoms with van der Waals surface area (Å²) in [5.74, 6) is -3.65. The topological polar surface area (TPSA) is 156 Å². The molecule has 72 heavy (non-hydrogen) atoms. The van der Waals surface area contributed by atoms with Crippen LogP contribution in [0, 0.1) is 18.5 Å². The predicted octanol–water partition coefficient (Wildman–Crippen LogP) is 14.5. The van der Waals surface area contributed by atoms with Gasteiger partial charge in [-0.25, -0.2) is 13.2 Å². The maximum Gasteiger partial charge on any atom is 0.426 e. The van der Waals surface area contributed by atoms with E-state index in [1.165, 1.54) is 42.7 Å². The number of phenolic OH excluding ortho intramolecular Hbond substituents is 1. The van der Waals surface area contributed by atoms with Crippen LogP contribution in [-0.2, 0) is 40.1 Å². The van der Waals surface area contributed by atoms with Crippen molar-refractivity contribution >= 4 is 84.1 Å². The molecular formula is C55H65F3I2O10S2. The zero-order valence-electron chi connectivity index (χ0n) is 41.8. The van der Waals surface area contributed by atoms with Crippen molar-refractivity contribution in [2.45, 2.75) is 139 Å². The lowest BCUT2D eigenvalue weighted by Gasteiger charge is -2.29. The zero-order chi connectivity index (χ0) is 53.9. The fourth-order valence-electron chi connectivity index (χ4n) is 6.52. The van der Waals surface area contributed by atoms with Crippen molar-refractivity contribution < 1.29 is 59.8 Å². The third-order valence-electron chi connectivity index (χ3n) is 11.9. The molecule has 0 spiro atoms. The molecule has 5 aromatic carbocycles. The highest BCUT2D eigenvalue weighted by molar-refractivity contribution is 14.1. The summed E-state index contributed by atoms with van der Waals surface area (Å²) in [7, 11) is -5.32. The van der Waals surface area contributed by atoms with Crippen LogP contribution >= 0.6 is 45.2 Å². The first-order valence-corrected chi connectivity index (χ1v) is 28.5. The van der Waals surface area contributed by atoms with Crippen molar-refractivity contribution in [3.8, 4) is 11.5 Å². The minimum atomic E-state index is -5.30. The van der Waals surface area contributed by atoms with Crippen LogP contribution in [0.2, 0.25) is 0 Å². The van der Waals surface area contributed by atoms with E-state index in [1.54, 1.807) is 48.6 Å². The van der Waals surface area contributed by atoms with Crippen LogP contribution in [0.15, 0.2) is 142 Å². The summed E-state index contributed by atoms with van der Waals surface area (Å²) >= 11 is 4.15. The van der Waals surface area contributed by atoms with Gasteiger partial charge in [0.05, 0.1) is 47.2 Å². The lowest BCUT2D eigenvalue weighted by Crippen LogP contribution is -2.39. The van der Waals surface area contributed by atoms with E-state index in [4.69, 9.17) is 14.6 Å². The quantitative estimate of drug-likeness (QED) is 0.0352. The zero-order valence-corrected chi connectivity index (χ0v) is 47.8. The molecule has 0 aliphatic heterocycles. The van der Waals surface area contributed by atoms with E-state index in [-0.39, 0.29) is 33.6 Å². The lowest BCUT2D eigenvalue weighted by molar-refractivity contribution is -0.197. The number of hydrogen-bond donors (Lipinski definition) is 1. The average molecular weight is 1260 g/mol. The van der Waals surface area contributed by atoms with Crippen LogP contribution in [0.4, 0.5) is 13.2 Å². The summed E-state index contributed by atoms with van der Waals surface area (Å²) in [6.07, 6.45) is -1.45. The number of rotatable bonds is 15. The number of alkyl halides is 3. The second-order valence-electron chi connectivity index (χ2n) is 18.1. The van der Waals surface area contributed by atoms with Gasteiger partial charge in [-0.15, -0.1) is 0 Å². The number of aromatic hydroxyl groups is 1. The summed E-state index contributed by atoms with van der Waals surface area (Å²) in [4.78, 5) is 39.7. The highest BCUT2D eigenvalue weighted by Crippen LogP contribution is 2.36. The Morgan fingerprint density at radius 3 is 1.75 bits per heavy atom. The first kappa shape index (κ1) is 62.1. The smallest absolute Gasteiger partial charge is 0.426 e. The van der Waals surface area contributed by atoms with Crippen molar-refractivity contribution in [3.05, 3.63) is 146 Å². The summed E-state index contributed by atoms with van der Waals surface area (Å²) in [6, 6.07) is 41.2. The first-order valence-electron chi connectivity index (χ1n) is 23.6. The Hall–Kier alpha value is -4.18. The van der Waals surface area contributed by atoms with Crippen LogP contribution in [0.3, 0.4) is 0 Å². The third-order valence-corrected chi connectivity index (χ3v) is 16.4. The van der Waals surface area contributed by atoms with Crippen molar-refractivity contribution in [1.82, 2.24) is 0 Å². The van der Waals surface area contributed by atoms with Crippen LogP contribution < -0.4 is 4.74 Å². The summed E-state index contributed by atoms with van der Waals surface area (Å²) in [6.45, 7) is 15.7. The van der Waals surface area contributed by atoms with Crippen molar-refractivity contribution in [3.63, 3.8) is 0 Å². The minimum absolute atomic E-state index is 0.0262. The van der Waals surface area contributed by atoms with E-state index in [0.29, 0.717) is 21.7 Å². The summed E-state index contributed by atoms with van der Waals surface area (Å²) in [5.41, 5.74) is 0.389. The normalized spacial score (nSPS) is 14.4. The number of phenols is 1. The van der Waals surface area contributed by atoms with Gasteiger partial charge in [0.15, 0.2) is 14.7 Å². The molecule has 10 nitrogen and oxygen atoms in total. The fraction of sp³-hybridized carbons (Fsp3) is 0.400. The Morgan fingerprint density at radius 1 is 0.778 bits per heavy atom. The van der Waals surface area contributed by atoms with Gasteiger partial charge in [-0.2, -0.15) is 13.2 Å². The SMILES string of the molecule is CCC(C)(C)C(=O)OC1(C)CCCC1.CCC(C)C(=O)Oc1cc(C(=O)OC(CS(=O)(=O)[O-])C(F)(F)F)ccc1I.CCC(C)c1ccc(O)cc1.Ic1ccc([S+](c2ccccc2)c2ccccc2)cc1. The molecule has 392 valence electrons. The lowest BCUT2D eigenvalue weighted by atomic mass is 9.90. The maximum absolute atomic E-state index is 12.8.